The topological polar surface area (TPSA) is 73.8 Å². The number of rotatable bonds is 8. The summed E-state index contributed by atoms with van der Waals surface area (Å²) in [7, 11) is 0.593. The van der Waals surface area contributed by atoms with Crippen molar-refractivity contribution in [1.82, 2.24) is 14.9 Å². The van der Waals surface area contributed by atoms with Crippen LogP contribution in [0.5, 0.6) is 0 Å². The SMILES string of the molecule is CC(C)NS(=O)(=O)Cc1ccc(CNC(=NCc2ccccc2)N(C)C)cc1. The van der Waals surface area contributed by atoms with E-state index in [0.717, 1.165) is 22.6 Å². The van der Waals surface area contributed by atoms with E-state index >= 15 is 0 Å². The number of nitrogens with one attached hydrogen (secondary N) is 2. The van der Waals surface area contributed by atoms with Gasteiger partial charge >= 0.3 is 0 Å². The first kappa shape index (κ1) is 21.9. The number of nitrogens with zero attached hydrogens (tertiary/aromatic N) is 2. The molecule has 0 aromatic heterocycles. The van der Waals surface area contributed by atoms with Crippen molar-refractivity contribution in [1.29, 1.82) is 0 Å². The molecule has 152 valence electrons. The number of hydrogen-bond donors (Lipinski definition) is 2. The van der Waals surface area contributed by atoms with E-state index in [-0.39, 0.29) is 11.8 Å². The van der Waals surface area contributed by atoms with Gasteiger partial charge in [0, 0.05) is 26.7 Å². The van der Waals surface area contributed by atoms with Gasteiger partial charge in [0.05, 0.1) is 12.3 Å². The molecule has 0 saturated carbocycles. The minimum absolute atomic E-state index is 0.0135. The summed E-state index contributed by atoms with van der Waals surface area (Å²) in [4.78, 5) is 6.59. The van der Waals surface area contributed by atoms with Gasteiger partial charge in [0.2, 0.25) is 10.0 Å². The van der Waals surface area contributed by atoms with Crippen molar-refractivity contribution >= 4 is 16.0 Å². The van der Waals surface area contributed by atoms with Crippen molar-refractivity contribution < 1.29 is 8.42 Å². The smallest absolute Gasteiger partial charge is 0.216 e. The van der Waals surface area contributed by atoms with E-state index in [2.05, 4.69) is 27.2 Å². The predicted octanol–water partition coefficient (Wildman–Crippen LogP) is 2.72. The summed E-state index contributed by atoms with van der Waals surface area (Å²) in [5, 5.41) is 3.34. The fourth-order valence-corrected chi connectivity index (χ4v) is 4.09. The summed E-state index contributed by atoms with van der Waals surface area (Å²) >= 11 is 0. The van der Waals surface area contributed by atoms with E-state index in [1.54, 1.807) is 0 Å². The largest absolute Gasteiger partial charge is 0.352 e. The van der Waals surface area contributed by atoms with E-state index in [0.29, 0.717) is 13.1 Å². The number of benzene rings is 2. The molecule has 0 aliphatic rings. The first-order valence-electron chi connectivity index (χ1n) is 9.32. The third kappa shape index (κ3) is 7.70. The average molecular weight is 403 g/mol. The Morgan fingerprint density at radius 2 is 1.57 bits per heavy atom. The highest BCUT2D eigenvalue weighted by Crippen LogP contribution is 2.09. The van der Waals surface area contributed by atoms with Crippen LogP contribution in [0, 0.1) is 0 Å². The minimum Gasteiger partial charge on any atom is -0.352 e. The Morgan fingerprint density at radius 1 is 0.964 bits per heavy atom. The van der Waals surface area contributed by atoms with Gasteiger partial charge in [-0.05, 0) is 30.5 Å². The van der Waals surface area contributed by atoms with Crippen LogP contribution >= 0.6 is 0 Å². The maximum atomic E-state index is 12.0. The molecule has 7 heteroatoms. The number of hydrogen-bond acceptors (Lipinski definition) is 3. The summed E-state index contributed by atoms with van der Waals surface area (Å²) in [5.74, 6) is 0.789. The highest BCUT2D eigenvalue weighted by Gasteiger charge is 2.12. The molecule has 2 rings (SSSR count). The Balaban J connectivity index is 1.95. The van der Waals surface area contributed by atoms with E-state index in [9.17, 15) is 8.42 Å². The minimum atomic E-state index is -3.31. The Labute approximate surface area is 168 Å². The zero-order valence-electron chi connectivity index (χ0n) is 17.0. The zero-order valence-corrected chi connectivity index (χ0v) is 17.8. The molecule has 2 aromatic rings. The number of sulfonamides is 1. The summed E-state index contributed by atoms with van der Waals surface area (Å²) in [5.41, 5.74) is 2.99. The van der Waals surface area contributed by atoms with Crippen molar-refractivity contribution in [2.75, 3.05) is 14.1 Å². The summed E-state index contributed by atoms with van der Waals surface area (Å²) in [6, 6.07) is 17.6. The van der Waals surface area contributed by atoms with Gasteiger partial charge < -0.3 is 10.2 Å². The maximum Gasteiger partial charge on any atom is 0.216 e. The fourth-order valence-electron chi connectivity index (χ4n) is 2.66. The molecule has 6 nitrogen and oxygen atoms in total. The molecule has 28 heavy (non-hydrogen) atoms. The highest BCUT2D eigenvalue weighted by atomic mass is 32.2. The molecular formula is C21H30N4O2S. The molecule has 2 N–H and O–H groups in total. The second-order valence-corrected chi connectivity index (χ2v) is 8.98. The van der Waals surface area contributed by atoms with Crippen molar-refractivity contribution in [3.63, 3.8) is 0 Å². The molecule has 0 heterocycles. The molecular weight excluding hydrogens is 372 g/mol. The summed E-state index contributed by atoms with van der Waals surface area (Å²) in [6.07, 6.45) is 0. The molecule has 0 saturated heterocycles. The Kier molecular flexibility index (Phi) is 8.02. The summed E-state index contributed by atoms with van der Waals surface area (Å²) in [6.45, 7) is 4.85. The van der Waals surface area contributed by atoms with Crippen LogP contribution in [0.25, 0.3) is 0 Å². The fraction of sp³-hybridized carbons (Fsp3) is 0.381. The Morgan fingerprint density at radius 3 is 2.14 bits per heavy atom. The summed E-state index contributed by atoms with van der Waals surface area (Å²) < 4.78 is 26.7. The lowest BCUT2D eigenvalue weighted by molar-refractivity contribution is 0.569. The van der Waals surface area contributed by atoms with Gasteiger partial charge in [-0.1, -0.05) is 54.6 Å². The third-order valence-corrected chi connectivity index (χ3v) is 5.47. The Hall–Kier alpha value is -2.38. The van der Waals surface area contributed by atoms with Crippen LogP contribution in [-0.2, 0) is 28.9 Å². The Bertz CT molecular complexity index is 861. The second kappa shape index (κ2) is 10.2. The first-order chi connectivity index (χ1) is 13.2. The van der Waals surface area contributed by atoms with E-state index in [1.807, 2.05) is 75.3 Å². The molecule has 0 radical (unpaired) electrons. The molecule has 0 atom stereocenters. The molecule has 0 aliphatic heterocycles. The maximum absolute atomic E-state index is 12.0. The van der Waals surface area contributed by atoms with Gasteiger partial charge in [-0.3, -0.25) is 0 Å². The average Bonchev–Trinajstić information content (AvgIpc) is 2.62. The van der Waals surface area contributed by atoms with Gasteiger partial charge in [0.1, 0.15) is 0 Å². The van der Waals surface area contributed by atoms with Crippen LogP contribution in [0.15, 0.2) is 59.6 Å². The van der Waals surface area contributed by atoms with Crippen LogP contribution in [-0.4, -0.2) is 39.4 Å². The molecule has 2 aromatic carbocycles. The van der Waals surface area contributed by atoms with E-state index in [4.69, 9.17) is 0 Å². The first-order valence-corrected chi connectivity index (χ1v) is 11.0. The lowest BCUT2D eigenvalue weighted by atomic mass is 10.1. The molecule has 0 bridgehead atoms. The molecule has 0 amide bonds. The molecule has 0 aliphatic carbocycles. The lowest BCUT2D eigenvalue weighted by Crippen LogP contribution is -2.36. The van der Waals surface area contributed by atoms with Crippen LogP contribution in [0.2, 0.25) is 0 Å². The zero-order chi connectivity index (χ0) is 20.6. The van der Waals surface area contributed by atoms with Crippen molar-refractivity contribution in [2.24, 2.45) is 4.99 Å². The van der Waals surface area contributed by atoms with Crippen molar-refractivity contribution in [3.05, 3.63) is 71.3 Å². The van der Waals surface area contributed by atoms with E-state index in [1.165, 1.54) is 0 Å². The lowest BCUT2D eigenvalue weighted by Gasteiger charge is -2.18. The second-order valence-electron chi connectivity index (χ2n) is 7.22. The van der Waals surface area contributed by atoms with E-state index < -0.39 is 10.0 Å². The standard InChI is InChI=1S/C21H30N4O2S/c1-17(2)24-28(26,27)16-20-12-10-19(11-13-20)15-23-21(25(3)4)22-14-18-8-6-5-7-9-18/h5-13,17,24H,14-16H2,1-4H3,(H,22,23). The van der Waals surface area contributed by atoms with Crippen LogP contribution in [0.3, 0.4) is 0 Å². The van der Waals surface area contributed by atoms with Gasteiger partial charge in [-0.15, -0.1) is 0 Å². The van der Waals surface area contributed by atoms with Gasteiger partial charge in [0.25, 0.3) is 0 Å². The number of guanidine groups is 1. The van der Waals surface area contributed by atoms with Crippen LogP contribution in [0.1, 0.15) is 30.5 Å². The van der Waals surface area contributed by atoms with Gasteiger partial charge in [-0.2, -0.15) is 0 Å². The predicted molar refractivity (Wildman–Crippen MR) is 115 cm³/mol. The van der Waals surface area contributed by atoms with Crippen LogP contribution in [0.4, 0.5) is 0 Å². The van der Waals surface area contributed by atoms with Gasteiger partial charge in [-0.25, -0.2) is 18.1 Å². The highest BCUT2D eigenvalue weighted by molar-refractivity contribution is 7.88. The normalized spacial score (nSPS) is 12.2. The monoisotopic (exact) mass is 402 g/mol. The third-order valence-electron chi connectivity index (χ3n) is 3.92. The quantitative estimate of drug-likeness (QED) is 0.526. The molecule has 0 spiro atoms. The molecule has 0 fully saturated rings. The van der Waals surface area contributed by atoms with Crippen LogP contribution < -0.4 is 10.0 Å². The number of aliphatic imine (C=N–C) groups is 1. The van der Waals surface area contributed by atoms with Gasteiger partial charge in [0.15, 0.2) is 5.96 Å². The van der Waals surface area contributed by atoms with Crippen molar-refractivity contribution in [3.8, 4) is 0 Å². The van der Waals surface area contributed by atoms with Crippen molar-refractivity contribution in [2.45, 2.75) is 38.7 Å². The molecule has 0 unspecified atom stereocenters.